The van der Waals surface area contributed by atoms with Crippen LogP contribution in [-0.4, -0.2) is 22.2 Å². The van der Waals surface area contributed by atoms with Gasteiger partial charge in [-0.05, 0) is 69.4 Å². The number of amides is 1. The van der Waals surface area contributed by atoms with Gasteiger partial charge in [0.1, 0.15) is 11.4 Å². The molecule has 0 aliphatic carbocycles. The summed E-state index contributed by atoms with van der Waals surface area (Å²) in [6, 6.07) is 8.66. The molecule has 2 aromatic rings. The Morgan fingerprint density at radius 1 is 1.35 bits per heavy atom. The van der Waals surface area contributed by atoms with Gasteiger partial charge in [0, 0.05) is 15.3 Å². The number of phenols is 1. The molecule has 0 saturated carbocycles. The summed E-state index contributed by atoms with van der Waals surface area (Å²) in [5.41, 5.74) is 3.19. The van der Waals surface area contributed by atoms with E-state index >= 15 is 0 Å². The van der Waals surface area contributed by atoms with Crippen LogP contribution in [-0.2, 0) is 0 Å². The SMILES string of the molecule is O=C(N/N=C\c1cc(I)cc(I)c1O)c1ccccn1. The molecule has 0 unspecified atom stereocenters. The van der Waals surface area contributed by atoms with Crippen LogP contribution in [0.1, 0.15) is 16.1 Å². The molecule has 7 heteroatoms. The van der Waals surface area contributed by atoms with Crippen molar-refractivity contribution in [1.29, 1.82) is 0 Å². The minimum absolute atomic E-state index is 0.141. The van der Waals surface area contributed by atoms with Gasteiger partial charge in [0.05, 0.1) is 9.78 Å². The highest BCUT2D eigenvalue weighted by molar-refractivity contribution is 14.1. The molecule has 0 atom stereocenters. The number of rotatable bonds is 3. The predicted molar refractivity (Wildman–Crippen MR) is 92.8 cm³/mol. The molecule has 2 N–H and O–H groups in total. The number of aromatic nitrogens is 1. The summed E-state index contributed by atoms with van der Waals surface area (Å²) >= 11 is 4.18. The van der Waals surface area contributed by atoms with Crippen LogP contribution < -0.4 is 5.43 Å². The van der Waals surface area contributed by atoms with Crippen molar-refractivity contribution >= 4 is 57.3 Å². The topological polar surface area (TPSA) is 74.6 Å². The number of carbonyl (C=O) groups excluding carboxylic acids is 1. The van der Waals surface area contributed by atoms with E-state index in [0.717, 1.165) is 7.14 Å². The van der Waals surface area contributed by atoms with E-state index in [2.05, 4.69) is 38.1 Å². The molecule has 0 aliphatic rings. The first-order chi connectivity index (χ1) is 9.58. The molecule has 0 bridgehead atoms. The smallest absolute Gasteiger partial charge is 0.289 e. The zero-order chi connectivity index (χ0) is 14.5. The van der Waals surface area contributed by atoms with Crippen LogP contribution >= 0.6 is 45.2 Å². The molecular weight excluding hydrogens is 484 g/mol. The summed E-state index contributed by atoms with van der Waals surface area (Å²) in [7, 11) is 0. The third kappa shape index (κ3) is 3.88. The number of pyridine rings is 1. The van der Waals surface area contributed by atoms with Gasteiger partial charge in [-0.25, -0.2) is 5.43 Å². The number of hydrazone groups is 1. The molecule has 1 aromatic heterocycles. The summed E-state index contributed by atoms with van der Waals surface area (Å²) in [5.74, 6) is -0.261. The van der Waals surface area contributed by atoms with Gasteiger partial charge in [0.2, 0.25) is 0 Å². The third-order valence-corrected chi connectivity index (χ3v) is 3.77. The number of aromatic hydroxyl groups is 1. The third-order valence-electron chi connectivity index (χ3n) is 2.32. The van der Waals surface area contributed by atoms with E-state index in [1.54, 1.807) is 24.3 Å². The number of nitrogens with one attached hydrogen (secondary N) is 1. The first kappa shape index (κ1) is 15.2. The van der Waals surface area contributed by atoms with Gasteiger partial charge >= 0.3 is 0 Å². The molecule has 1 heterocycles. The van der Waals surface area contributed by atoms with Crippen LogP contribution in [0.15, 0.2) is 41.6 Å². The van der Waals surface area contributed by atoms with E-state index in [4.69, 9.17) is 0 Å². The summed E-state index contributed by atoms with van der Waals surface area (Å²) in [4.78, 5) is 15.6. The number of hydrogen-bond acceptors (Lipinski definition) is 4. The van der Waals surface area contributed by atoms with Crippen molar-refractivity contribution in [1.82, 2.24) is 10.4 Å². The minimum Gasteiger partial charge on any atom is -0.506 e. The maximum absolute atomic E-state index is 11.7. The molecule has 0 fully saturated rings. The monoisotopic (exact) mass is 493 g/mol. The zero-order valence-corrected chi connectivity index (χ0v) is 14.4. The summed E-state index contributed by atoms with van der Waals surface area (Å²) in [6.07, 6.45) is 2.94. The second kappa shape index (κ2) is 6.97. The summed E-state index contributed by atoms with van der Waals surface area (Å²) < 4.78 is 1.70. The van der Waals surface area contributed by atoms with Crippen LogP contribution in [0.25, 0.3) is 0 Å². The second-order valence-electron chi connectivity index (χ2n) is 3.74. The van der Waals surface area contributed by atoms with Crippen LogP contribution in [0.5, 0.6) is 5.75 Å². The van der Waals surface area contributed by atoms with Crippen LogP contribution in [0.4, 0.5) is 0 Å². The Bertz CT molecular complexity index is 660. The van der Waals surface area contributed by atoms with E-state index in [9.17, 15) is 9.90 Å². The van der Waals surface area contributed by atoms with Gasteiger partial charge in [0.15, 0.2) is 0 Å². The van der Waals surface area contributed by atoms with Crippen LogP contribution in [0.2, 0.25) is 0 Å². The lowest BCUT2D eigenvalue weighted by molar-refractivity contribution is 0.0950. The number of nitrogens with zero attached hydrogens (tertiary/aromatic N) is 2. The number of phenolic OH excluding ortho intramolecular Hbond substituents is 1. The molecule has 0 aliphatic heterocycles. The van der Waals surface area contributed by atoms with Gasteiger partial charge in [-0.3, -0.25) is 9.78 Å². The van der Waals surface area contributed by atoms with Gasteiger partial charge in [0.25, 0.3) is 5.91 Å². The molecule has 5 nitrogen and oxygen atoms in total. The Morgan fingerprint density at radius 3 is 2.85 bits per heavy atom. The molecular formula is C13H9I2N3O2. The van der Waals surface area contributed by atoms with Crippen molar-refractivity contribution in [3.05, 3.63) is 54.9 Å². The fourth-order valence-corrected chi connectivity index (χ4v) is 3.29. The largest absolute Gasteiger partial charge is 0.506 e. The van der Waals surface area contributed by atoms with E-state index in [0.29, 0.717) is 5.56 Å². The summed E-state index contributed by atoms with van der Waals surface area (Å²) in [5, 5.41) is 13.7. The molecule has 102 valence electrons. The fourth-order valence-electron chi connectivity index (χ4n) is 1.40. The lowest BCUT2D eigenvalue weighted by Crippen LogP contribution is -2.18. The lowest BCUT2D eigenvalue weighted by Gasteiger charge is -2.03. The summed E-state index contributed by atoms with van der Waals surface area (Å²) in [6.45, 7) is 0. The zero-order valence-electron chi connectivity index (χ0n) is 10.0. The number of halogens is 2. The van der Waals surface area contributed by atoms with Crippen LogP contribution in [0, 0.1) is 7.14 Å². The Labute approximate surface area is 142 Å². The van der Waals surface area contributed by atoms with Crippen molar-refractivity contribution in [3.8, 4) is 5.75 Å². The minimum atomic E-state index is -0.401. The average Bonchev–Trinajstić information content (AvgIpc) is 2.44. The van der Waals surface area contributed by atoms with E-state index in [1.165, 1.54) is 12.4 Å². The van der Waals surface area contributed by atoms with Crippen molar-refractivity contribution < 1.29 is 9.90 Å². The maximum Gasteiger partial charge on any atom is 0.289 e. The first-order valence-electron chi connectivity index (χ1n) is 5.50. The Hall–Kier alpha value is -1.23. The Balaban J connectivity index is 2.10. The molecule has 0 spiro atoms. The molecule has 0 saturated heterocycles. The first-order valence-corrected chi connectivity index (χ1v) is 7.66. The predicted octanol–water partition coefficient (Wildman–Crippen LogP) is 2.76. The van der Waals surface area contributed by atoms with Crippen molar-refractivity contribution in [3.63, 3.8) is 0 Å². The molecule has 20 heavy (non-hydrogen) atoms. The van der Waals surface area contributed by atoms with Gasteiger partial charge < -0.3 is 5.11 Å². The molecule has 0 radical (unpaired) electrons. The quantitative estimate of drug-likeness (QED) is 0.393. The Kier molecular flexibility index (Phi) is 5.29. The highest BCUT2D eigenvalue weighted by atomic mass is 127. The standard InChI is InChI=1S/C13H9I2N3O2/c14-9-5-8(12(19)10(15)6-9)7-17-18-13(20)11-3-1-2-4-16-11/h1-7,19H,(H,18,20)/b17-7-. The van der Waals surface area contributed by atoms with Crippen molar-refractivity contribution in [2.45, 2.75) is 0 Å². The highest BCUT2D eigenvalue weighted by Crippen LogP contribution is 2.25. The lowest BCUT2D eigenvalue weighted by atomic mass is 10.2. The number of hydrogen-bond donors (Lipinski definition) is 2. The molecule has 2 rings (SSSR count). The van der Waals surface area contributed by atoms with Gasteiger partial charge in [-0.15, -0.1) is 0 Å². The highest BCUT2D eigenvalue weighted by Gasteiger charge is 2.06. The van der Waals surface area contributed by atoms with Crippen LogP contribution in [0.3, 0.4) is 0 Å². The van der Waals surface area contributed by atoms with Gasteiger partial charge in [-0.2, -0.15) is 5.10 Å². The van der Waals surface area contributed by atoms with Crippen molar-refractivity contribution in [2.24, 2.45) is 5.10 Å². The van der Waals surface area contributed by atoms with Crippen molar-refractivity contribution in [2.75, 3.05) is 0 Å². The maximum atomic E-state index is 11.7. The number of carbonyl (C=O) groups is 1. The number of benzene rings is 1. The Morgan fingerprint density at radius 2 is 2.15 bits per heavy atom. The normalized spacial score (nSPS) is 10.7. The second-order valence-corrected chi connectivity index (χ2v) is 6.15. The van der Waals surface area contributed by atoms with Gasteiger partial charge in [-0.1, -0.05) is 6.07 Å². The van der Waals surface area contributed by atoms with E-state index in [-0.39, 0.29) is 11.4 Å². The fraction of sp³-hybridized carbons (Fsp3) is 0. The van der Waals surface area contributed by atoms with E-state index in [1.807, 2.05) is 28.7 Å². The van der Waals surface area contributed by atoms with E-state index < -0.39 is 5.91 Å². The molecule has 1 amide bonds. The molecule has 1 aromatic carbocycles. The average molecular weight is 493 g/mol.